The number of nitrogens with zero attached hydrogens (tertiary/aromatic N) is 1. The van der Waals surface area contributed by atoms with Crippen LogP contribution < -0.4 is 0 Å². The van der Waals surface area contributed by atoms with Crippen LogP contribution in [0.4, 0.5) is 0 Å². The molecular formula is C8H21NO2Si. The van der Waals surface area contributed by atoms with Gasteiger partial charge >= 0.3 is 0 Å². The van der Waals surface area contributed by atoms with Gasteiger partial charge in [0.15, 0.2) is 0 Å². The predicted octanol–water partition coefficient (Wildman–Crippen LogP) is 2.14. The van der Waals surface area contributed by atoms with Crippen LogP contribution in [0.1, 0.15) is 6.42 Å². The Kier molecular flexibility index (Phi) is 5.74. The average molecular weight is 191 g/mol. The van der Waals surface area contributed by atoms with Crippen molar-refractivity contribution in [1.82, 2.24) is 5.23 Å². The molecule has 4 heteroatoms. The van der Waals surface area contributed by atoms with Crippen LogP contribution in [0, 0.1) is 0 Å². The van der Waals surface area contributed by atoms with Gasteiger partial charge < -0.3 is 0 Å². The molecule has 0 aliphatic rings. The first kappa shape index (κ1) is 12.1. The molecule has 0 heterocycles. The Balaban J connectivity index is 3.41. The molecule has 0 spiro atoms. The fraction of sp³-hybridized carbons (Fsp3) is 1.00. The minimum atomic E-state index is -0.887. The number of hydrogen-bond acceptors (Lipinski definition) is 3. The van der Waals surface area contributed by atoms with Crippen LogP contribution in [0.3, 0.4) is 0 Å². The first-order valence-corrected chi connectivity index (χ1v) is 8.06. The Morgan fingerprint density at radius 1 is 1.08 bits per heavy atom. The molecular weight excluding hydrogens is 170 g/mol. The van der Waals surface area contributed by atoms with Gasteiger partial charge in [-0.1, -0.05) is 30.9 Å². The summed E-state index contributed by atoms with van der Waals surface area (Å²) in [4.78, 5) is 9.88. The molecule has 0 N–H and O–H groups in total. The molecule has 0 unspecified atom stereocenters. The fourth-order valence-corrected chi connectivity index (χ4v) is 2.21. The summed E-state index contributed by atoms with van der Waals surface area (Å²) in [5, 5.41) is 1.51. The molecule has 0 aromatic carbocycles. The van der Waals surface area contributed by atoms with E-state index in [1.165, 1.54) is 11.3 Å². The molecule has 0 aromatic rings. The van der Waals surface area contributed by atoms with Crippen molar-refractivity contribution in [3.05, 3.63) is 0 Å². The maximum Gasteiger partial charge on any atom is 0.0601 e. The van der Waals surface area contributed by atoms with Gasteiger partial charge in [0.25, 0.3) is 0 Å². The van der Waals surface area contributed by atoms with E-state index in [4.69, 9.17) is 9.68 Å². The van der Waals surface area contributed by atoms with Crippen LogP contribution in [0.2, 0.25) is 25.7 Å². The normalized spacial score (nSPS) is 12.5. The van der Waals surface area contributed by atoms with Crippen LogP contribution in [-0.4, -0.2) is 34.1 Å². The van der Waals surface area contributed by atoms with Crippen molar-refractivity contribution in [2.45, 2.75) is 32.1 Å². The Labute approximate surface area is 76.6 Å². The first-order valence-electron chi connectivity index (χ1n) is 4.35. The largest absolute Gasteiger partial charge is 0.278 e. The van der Waals surface area contributed by atoms with Crippen molar-refractivity contribution < 1.29 is 9.68 Å². The Morgan fingerprint density at radius 3 is 1.92 bits per heavy atom. The molecule has 0 atom stereocenters. The van der Waals surface area contributed by atoms with E-state index in [1.54, 1.807) is 14.2 Å². The van der Waals surface area contributed by atoms with E-state index >= 15 is 0 Å². The molecule has 0 aliphatic heterocycles. The quantitative estimate of drug-likeness (QED) is 0.474. The zero-order valence-corrected chi connectivity index (χ0v) is 9.89. The smallest absolute Gasteiger partial charge is 0.0601 e. The van der Waals surface area contributed by atoms with Crippen molar-refractivity contribution in [2.75, 3.05) is 20.8 Å². The minimum absolute atomic E-state index is 0.858. The van der Waals surface area contributed by atoms with E-state index in [2.05, 4.69) is 19.6 Å². The summed E-state index contributed by atoms with van der Waals surface area (Å²) in [6, 6.07) is 1.32. The standard InChI is InChI=1S/C8H21NO2Si/c1-10-9(11-2)7-6-8-12(3,4)5/h6-8H2,1-5H3. The third-order valence-corrected chi connectivity index (χ3v) is 3.53. The van der Waals surface area contributed by atoms with Gasteiger partial charge in [-0.15, -0.1) is 0 Å². The summed E-state index contributed by atoms with van der Waals surface area (Å²) in [7, 11) is 2.36. The fourth-order valence-electron chi connectivity index (χ4n) is 0.996. The maximum atomic E-state index is 4.94. The molecule has 0 aromatic heterocycles. The van der Waals surface area contributed by atoms with Crippen molar-refractivity contribution in [1.29, 1.82) is 0 Å². The third kappa shape index (κ3) is 6.79. The Hall–Kier alpha value is 0.0969. The van der Waals surface area contributed by atoms with Crippen molar-refractivity contribution >= 4 is 8.07 Å². The second-order valence-corrected chi connectivity index (χ2v) is 9.71. The zero-order valence-electron chi connectivity index (χ0n) is 8.89. The lowest BCUT2D eigenvalue weighted by Crippen LogP contribution is -2.25. The molecule has 0 saturated carbocycles. The molecule has 0 aliphatic carbocycles. The van der Waals surface area contributed by atoms with Gasteiger partial charge in [0, 0.05) is 8.07 Å². The zero-order chi connectivity index (χ0) is 9.61. The van der Waals surface area contributed by atoms with Crippen LogP contribution in [0.5, 0.6) is 0 Å². The molecule has 0 saturated heterocycles. The highest BCUT2D eigenvalue weighted by Crippen LogP contribution is 2.11. The first-order chi connectivity index (χ1) is 5.49. The van der Waals surface area contributed by atoms with E-state index in [0.717, 1.165) is 13.0 Å². The van der Waals surface area contributed by atoms with E-state index in [9.17, 15) is 0 Å². The van der Waals surface area contributed by atoms with Gasteiger partial charge in [0.2, 0.25) is 0 Å². The SMILES string of the molecule is CON(CCC[Si](C)(C)C)OC. The third-order valence-electron chi connectivity index (χ3n) is 1.67. The topological polar surface area (TPSA) is 21.7 Å². The Morgan fingerprint density at radius 2 is 1.58 bits per heavy atom. The average Bonchev–Trinajstić information content (AvgIpc) is 1.96. The minimum Gasteiger partial charge on any atom is -0.278 e. The molecule has 0 bridgehead atoms. The number of hydrogen-bond donors (Lipinski definition) is 0. The molecule has 3 nitrogen and oxygen atoms in total. The predicted molar refractivity (Wildman–Crippen MR) is 53.5 cm³/mol. The molecule has 12 heavy (non-hydrogen) atoms. The molecule has 0 radical (unpaired) electrons. The van der Waals surface area contributed by atoms with Gasteiger partial charge in [-0.05, 0) is 6.42 Å². The van der Waals surface area contributed by atoms with Gasteiger partial charge in [-0.2, -0.15) is 0 Å². The molecule has 0 amide bonds. The van der Waals surface area contributed by atoms with Crippen LogP contribution >= 0.6 is 0 Å². The van der Waals surface area contributed by atoms with Crippen LogP contribution in [0.25, 0.3) is 0 Å². The number of hydroxylamine groups is 2. The van der Waals surface area contributed by atoms with E-state index in [1.807, 2.05) is 0 Å². The lowest BCUT2D eigenvalue weighted by atomic mass is 10.5. The summed E-state index contributed by atoms with van der Waals surface area (Å²) < 4.78 is 0. The van der Waals surface area contributed by atoms with E-state index in [0.29, 0.717) is 0 Å². The molecule has 0 fully saturated rings. The van der Waals surface area contributed by atoms with Gasteiger partial charge in [-0.25, -0.2) is 0 Å². The summed E-state index contributed by atoms with van der Waals surface area (Å²) in [6.45, 7) is 7.97. The van der Waals surface area contributed by atoms with Crippen LogP contribution in [-0.2, 0) is 9.68 Å². The summed E-state index contributed by atoms with van der Waals surface area (Å²) in [5.74, 6) is 0. The van der Waals surface area contributed by atoms with Gasteiger partial charge in [-0.3, -0.25) is 9.68 Å². The van der Waals surface area contributed by atoms with Crippen molar-refractivity contribution in [3.63, 3.8) is 0 Å². The monoisotopic (exact) mass is 191 g/mol. The highest BCUT2D eigenvalue weighted by Gasteiger charge is 2.13. The van der Waals surface area contributed by atoms with E-state index < -0.39 is 8.07 Å². The number of rotatable bonds is 6. The maximum absolute atomic E-state index is 4.94. The van der Waals surface area contributed by atoms with E-state index in [-0.39, 0.29) is 0 Å². The second-order valence-electron chi connectivity index (χ2n) is 4.09. The van der Waals surface area contributed by atoms with Crippen molar-refractivity contribution in [3.8, 4) is 0 Å². The molecule has 74 valence electrons. The highest BCUT2D eigenvalue weighted by atomic mass is 28.3. The van der Waals surface area contributed by atoms with Gasteiger partial charge in [0.05, 0.1) is 20.8 Å². The van der Waals surface area contributed by atoms with Gasteiger partial charge in [0.1, 0.15) is 0 Å². The summed E-state index contributed by atoms with van der Waals surface area (Å²) >= 11 is 0. The summed E-state index contributed by atoms with van der Waals surface area (Å²) in [5.41, 5.74) is 0. The summed E-state index contributed by atoms with van der Waals surface area (Å²) in [6.07, 6.45) is 1.15. The van der Waals surface area contributed by atoms with Crippen LogP contribution in [0.15, 0.2) is 0 Å². The Bertz CT molecular complexity index is 110. The lowest BCUT2D eigenvalue weighted by Gasteiger charge is -2.19. The van der Waals surface area contributed by atoms with Crippen molar-refractivity contribution in [2.24, 2.45) is 0 Å². The molecule has 0 rings (SSSR count). The lowest BCUT2D eigenvalue weighted by molar-refractivity contribution is -0.342. The highest BCUT2D eigenvalue weighted by molar-refractivity contribution is 6.76. The second kappa shape index (κ2) is 5.69.